The quantitative estimate of drug-likeness (QED) is 0.795. The first-order chi connectivity index (χ1) is 8.19. The van der Waals surface area contributed by atoms with Gasteiger partial charge in [-0.25, -0.2) is 0 Å². The first kappa shape index (κ1) is 12.0. The standard InChI is InChI=1S/C11H17N3O3/c1-2-3-4-9-12-10(17-13-9)7-14-5-8(6-14)11(15)16/h8H,2-7H2,1H3,(H,15,16). The number of aryl methyl sites for hydroxylation is 1. The van der Waals surface area contributed by atoms with Crippen LogP contribution in [-0.2, 0) is 17.8 Å². The Hall–Kier alpha value is -1.43. The molecular weight excluding hydrogens is 222 g/mol. The molecule has 1 aliphatic heterocycles. The van der Waals surface area contributed by atoms with Crippen LogP contribution in [0.4, 0.5) is 0 Å². The van der Waals surface area contributed by atoms with Gasteiger partial charge in [0.2, 0.25) is 5.89 Å². The first-order valence-corrected chi connectivity index (χ1v) is 5.95. The molecule has 0 radical (unpaired) electrons. The van der Waals surface area contributed by atoms with Crippen LogP contribution in [0.25, 0.3) is 0 Å². The Morgan fingerprint density at radius 1 is 1.59 bits per heavy atom. The molecule has 1 saturated heterocycles. The molecule has 1 fully saturated rings. The number of carboxylic acid groups (broad SMARTS) is 1. The molecule has 1 aromatic heterocycles. The Labute approximate surface area is 99.6 Å². The second kappa shape index (κ2) is 5.27. The second-order valence-electron chi connectivity index (χ2n) is 4.44. The summed E-state index contributed by atoms with van der Waals surface area (Å²) in [4.78, 5) is 16.9. The summed E-state index contributed by atoms with van der Waals surface area (Å²) in [6, 6.07) is 0. The highest BCUT2D eigenvalue weighted by Crippen LogP contribution is 2.18. The van der Waals surface area contributed by atoms with Crippen molar-refractivity contribution in [3.63, 3.8) is 0 Å². The fourth-order valence-corrected chi connectivity index (χ4v) is 1.84. The van der Waals surface area contributed by atoms with Gasteiger partial charge in [-0.1, -0.05) is 18.5 Å². The highest BCUT2D eigenvalue weighted by Gasteiger charge is 2.33. The molecule has 6 nitrogen and oxygen atoms in total. The van der Waals surface area contributed by atoms with E-state index in [1.54, 1.807) is 0 Å². The van der Waals surface area contributed by atoms with E-state index in [2.05, 4.69) is 17.1 Å². The molecule has 0 unspecified atom stereocenters. The van der Waals surface area contributed by atoms with Crippen molar-refractivity contribution in [3.05, 3.63) is 11.7 Å². The summed E-state index contributed by atoms with van der Waals surface area (Å²) in [5.41, 5.74) is 0. The molecule has 6 heteroatoms. The predicted molar refractivity (Wildman–Crippen MR) is 59.3 cm³/mol. The summed E-state index contributed by atoms with van der Waals surface area (Å²) in [5, 5.41) is 12.6. The van der Waals surface area contributed by atoms with Crippen LogP contribution in [0.3, 0.4) is 0 Å². The van der Waals surface area contributed by atoms with E-state index in [4.69, 9.17) is 9.63 Å². The Morgan fingerprint density at radius 2 is 2.35 bits per heavy atom. The van der Waals surface area contributed by atoms with Gasteiger partial charge < -0.3 is 9.63 Å². The lowest BCUT2D eigenvalue weighted by Crippen LogP contribution is -2.49. The summed E-state index contributed by atoms with van der Waals surface area (Å²) in [6.45, 7) is 3.82. The van der Waals surface area contributed by atoms with Crippen LogP contribution in [0.2, 0.25) is 0 Å². The van der Waals surface area contributed by atoms with Crippen LogP contribution in [-0.4, -0.2) is 39.2 Å². The maximum absolute atomic E-state index is 10.6. The van der Waals surface area contributed by atoms with Gasteiger partial charge in [0.05, 0.1) is 12.5 Å². The van der Waals surface area contributed by atoms with Crippen molar-refractivity contribution < 1.29 is 14.4 Å². The maximum atomic E-state index is 10.6. The van der Waals surface area contributed by atoms with Crippen LogP contribution >= 0.6 is 0 Å². The summed E-state index contributed by atoms with van der Waals surface area (Å²) >= 11 is 0. The van der Waals surface area contributed by atoms with E-state index in [1.807, 2.05) is 4.90 Å². The zero-order valence-corrected chi connectivity index (χ0v) is 9.93. The van der Waals surface area contributed by atoms with E-state index in [1.165, 1.54) is 0 Å². The van der Waals surface area contributed by atoms with E-state index in [9.17, 15) is 4.79 Å². The molecule has 0 aromatic carbocycles. The molecule has 0 spiro atoms. The summed E-state index contributed by atoms with van der Waals surface area (Å²) < 4.78 is 5.11. The average molecular weight is 239 g/mol. The monoisotopic (exact) mass is 239 g/mol. The molecule has 17 heavy (non-hydrogen) atoms. The minimum absolute atomic E-state index is 0.238. The van der Waals surface area contributed by atoms with Gasteiger partial charge in [0.1, 0.15) is 0 Å². The SMILES string of the molecule is CCCCc1noc(CN2CC(C(=O)O)C2)n1. The number of likely N-dealkylation sites (tertiary alicyclic amines) is 1. The first-order valence-electron chi connectivity index (χ1n) is 5.95. The largest absolute Gasteiger partial charge is 0.481 e. The molecule has 2 rings (SSSR count). The van der Waals surface area contributed by atoms with Crippen molar-refractivity contribution >= 4 is 5.97 Å². The topological polar surface area (TPSA) is 79.5 Å². The molecule has 0 bridgehead atoms. The van der Waals surface area contributed by atoms with E-state index in [0.717, 1.165) is 25.1 Å². The van der Waals surface area contributed by atoms with Crippen LogP contribution in [0.5, 0.6) is 0 Å². The van der Waals surface area contributed by atoms with Gasteiger partial charge in [-0.05, 0) is 6.42 Å². The Balaban J connectivity index is 1.76. The summed E-state index contributed by atoms with van der Waals surface area (Å²) in [7, 11) is 0. The molecule has 0 saturated carbocycles. The van der Waals surface area contributed by atoms with Crippen molar-refractivity contribution in [3.8, 4) is 0 Å². The number of carbonyl (C=O) groups is 1. The molecule has 1 N–H and O–H groups in total. The van der Waals surface area contributed by atoms with Crippen molar-refractivity contribution in [1.29, 1.82) is 0 Å². The molecule has 94 valence electrons. The van der Waals surface area contributed by atoms with Crippen LogP contribution in [0, 0.1) is 5.92 Å². The normalized spacial score (nSPS) is 17.0. The zero-order chi connectivity index (χ0) is 12.3. The van der Waals surface area contributed by atoms with Crippen molar-refractivity contribution in [2.75, 3.05) is 13.1 Å². The minimum Gasteiger partial charge on any atom is -0.481 e. The fraction of sp³-hybridized carbons (Fsp3) is 0.727. The van der Waals surface area contributed by atoms with Gasteiger partial charge in [-0.2, -0.15) is 4.98 Å². The molecule has 2 heterocycles. The van der Waals surface area contributed by atoms with Crippen LogP contribution in [0.15, 0.2) is 4.52 Å². The average Bonchev–Trinajstić information content (AvgIpc) is 2.67. The van der Waals surface area contributed by atoms with Gasteiger partial charge in [0, 0.05) is 19.5 Å². The molecular formula is C11H17N3O3. The number of aromatic nitrogens is 2. The number of hydrogen-bond acceptors (Lipinski definition) is 5. The fourth-order valence-electron chi connectivity index (χ4n) is 1.84. The number of hydrogen-bond donors (Lipinski definition) is 1. The minimum atomic E-state index is -0.726. The van der Waals surface area contributed by atoms with E-state index in [-0.39, 0.29) is 5.92 Å². The van der Waals surface area contributed by atoms with Gasteiger partial charge >= 0.3 is 5.97 Å². The molecule has 0 aliphatic carbocycles. The summed E-state index contributed by atoms with van der Waals surface area (Å²) in [6.07, 6.45) is 3.01. The highest BCUT2D eigenvalue weighted by molar-refractivity contribution is 5.71. The number of aliphatic carboxylic acids is 1. The molecule has 0 amide bonds. The zero-order valence-electron chi connectivity index (χ0n) is 9.93. The smallest absolute Gasteiger partial charge is 0.309 e. The van der Waals surface area contributed by atoms with Crippen molar-refractivity contribution in [2.24, 2.45) is 5.92 Å². The third-order valence-corrected chi connectivity index (χ3v) is 2.93. The Kier molecular flexibility index (Phi) is 3.73. The third kappa shape index (κ3) is 3.03. The lowest BCUT2D eigenvalue weighted by molar-refractivity contribution is -0.147. The highest BCUT2D eigenvalue weighted by atomic mass is 16.5. The van der Waals surface area contributed by atoms with Crippen LogP contribution < -0.4 is 0 Å². The molecule has 1 aliphatic rings. The number of carboxylic acids is 1. The second-order valence-corrected chi connectivity index (χ2v) is 4.44. The number of nitrogens with zero attached hydrogens (tertiary/aromatic N) is 3. The van der Waals surface area contributed by atoms with Crippen LogP contribution in [0.1, 0.15) is 31.5 Å². The molecule has 0 atom stereocenters. The number of rotatable bonds is 6. The van der Waals surface area contributed by atoms with Crippen molar-refractivity contribution in [1.82, 2.24) is 15.0 Å². The Bertz CT molecular complexity index is 385. The Morgan fingerprint density at radius 3 is 3.00 bits per heavy atom. The lowest BCUT2D eigenvalue weighted by atomic mass is 10.0. The lowest BCUT2D eigenvalue weighted by Gasteiger charge is -2.35. The van der Waals surface area contributed by atoms with Gasteiger partial charge in [0.25, 0.3) is 0 Å². The van der Waals surface area contributed by atoms with E-state index < -0.39 is 5.97 Å². The summed E-state index contributed by atoms with van der Waals surface area (Å²) in [5.74, 6) is 0.366. The molecule has 1 aromatic rings. The number of unbranched alkanes of at least 4 members (excludes halogenated alkanes) is 1. The maximum Gasteiger partial charge on any atom is 0.309 e. The van der Waals surface area contributed by atoms with Gasteiger partial charge in [-0.3, -0.25) is 9.69 Å². The van der Waals surface area contributed by atoms with Gasteiger partial charge in [0.15, 0.2) is 5.82 Å². The third-order valence-electron chi connectivity index (χ3n) is 2.93. The van der Waals surface area contributed by atoms with E-state index >= 15 is 0 Å². The predicted octanol–water partition coefficient (Wildman–Crippen LogP) is 0.929. The van der Waals surface area contributed by atoms with Gasteiger partial charge in [-0.15, -0.1) is 0 Å². The van der Waals surface area contributed by atoms with Crippen molar-refractivity contribution in [2.45, 2.75) is 32.7 Å². The van der Waals surface area contributed by atoms with E-state index in [0.29, 0.717) is 25.5 Å².